The number of aliphatic hydroxyl groups is 1. The highest BCUT2D eigenvalue weighted by atomic mass is 19.1. The van der Waals surface area contributed by atoms with Crippen LogP contribution >= 0.6 is 0 Å². The second-order valence-electron chi connectivity index (χ2n) is 8.16. The summed E-state index contributed by atoms with van der Waals surface area (Å²) in [5.41, 5.74) is 1.61. The highest BCUT2D eigenvalue weighted by molar-refractivity contribution is 6.51. The maximum Gasteiger partial charge on any atom is 0.300 e. The molecule has 1 unspecified atom stereocenters. The van der Waals surface area contributed by atoms with Gasteiger partial charge in [-0.15, -0.1) is 0 Å². The minimum absolute atomic E-state index is 0.111. The molecular formula is C27H22FNO5. The third-order valence-electron chi connectivity index (χ3n) is 6.18. The van der Waals surface area contributed by atoms with Gasteiger partial charge in [0.1, 0.15) is 23.1 Å². The molecule has 0 saturated carbocycles. The van der Waals surface area contributed by atoms with E-state index < -0.39 is 23.5 Å². The van der Waals surface area contributed by atoms with Crippen LogP contribution in [0.15, 0.2) is 72.3 Å². The minimum Gasteiger partial charge on any atom is -0.507 e. The third-order valence-corrected chi connectivity index (χ3v) is 6.18. The van der Waals surface area contributed by atoms with Crippen molar-refractivity contribution in [1.29, 1.82) is 0 Å². The van der Waals surface area contributed by atoms with Gasteiger partial charge < -0.3 is 14.6 Å². The zero-order valence-electron chi connectivity index (χ0n) is 18.5. The van der Waals surface area contributed by atoms with E-state index >= 15 is 0 Å². The van der Waals surface area contributed by atoms with Crippen molar-refractivity contribution < 1.29 is 28.6 Å². The van der Waals surface area contributed by atoms with Gasteiger partial charge in [-0.3, -0.25) is 14.5 Å². The molecule has 1 fully saturated rings. The maximum absolute atomic E-state index is 15.0. The van der Waals surface area contributed by atoms with E-state index in [9.17, 15) is 19.1 Å². The van der Waals surface area contributed by atoms with Crippen LogP contribution in [-0.2, 0) is 16.0 Å². The molecule has 0 aliphatic carbocycles. The third kappa shape index (κ3) is 3.59. The number of anilines is 1. The normalized spacial score (nSPS) is 19.0. The van der Waals surface area contributed by atoms with Crippen LogP contribution in [0.3, 0.4) is 0 Å². The van der Waals surface area contributed by atoms with Crippen molar-refractivity contribution in [3.05, 3.63) is 94.8 Å². The first kappa shape index (κ1) is 21.7. The average molecular weight is 459 g/mol. The van der Waals surface area contributed by atoms with Crippen LogP contribution in [0.25, 0.3) is 5.76 Å². The zero-order chi connectivity index (χ0) is 23.8. The van der Waals surface area contributed by atoms with E-state index in [1.807, 2.05) is 0 Å². The number of nitrogens with zero attached hydrogens (tertiary/aromatic N) is 1. The summed E-state index contributed by atoms with van der Waals surface area (Å²) in [6.07, 6.45) is 1.61. The Bertz CT molecular complexity index is 1310. The van der Waals surface area contributed by atoms with Gasteiger partial charge >= 0.3 is 0 Å². The molecule has 2 heterocycles. The van der Waals surface area contributed by atoms with E-state index in [0.29, 0.717) is 23.6 Å². The fourth-order valence-electron chi connectivity index (χ4n) is 4.50. The molecule has 172 valence electrons. The smallest absolute Gasteiger partial charge is 0.300 e. The number of methoxy groups -OCH3 is 1. The largest absolute Gasteiger partial charge is 0.507 e. The lowest BCUT2D eigenvalue weighted by atomic mass is 9.93. The number of rotatable bonds is 4. The Morgan fingerprint density at radius 1 is 1.09 bits per heavy atom. The highest BCUT2D eigenvalue weighted by Crippen LogP contribution is 2.43. The molecule has 3 aromatic rings. The number of carbonyl (C=O) groups excluding carboxylic acids is 2. The van der Waals surface area contributed by atoms with Gasteiger partial charge in [0.05, 0.1) is 25.3 Å². The van der Waals surface area contributed by atoms with Gasteiger partial charge in [0, 0.05) is 16.8 Å². The first-order valence-electron chi connectivity index (χ1n) is 10.9. The number of halogens is 1. The predicted molar refractivity (Wildman–Crippen MR) is 124 cm³/mol. The molecule has 5 rings (SSSR count). The second-order valence-corrected chi connectivity index (χ2v) is 8.16. The molecule has 3 aromatic carbocycles. The molecule has 2 aliphatic heterocycles. The maximum atomic E-state index is 15.0. The van der Waals surface area contributed by atoms with Crippen LogP contribution in [0, 0.1) is 5.82 Å². The van der Waals surface area contributed by atoms with Gasteiger partial charge in [0.2, 0.25) is 0 Å². The Morgan fingerprint density at radius 2 is 1.85 bits per heavy atom. The molecular weight excluding hydrogens is 437 g/mol. The van der Waals surface area contributed by atoms with E-state index in [1.54, 1.807) is 48.5 Å². The first-order valence-corrected chi connectivity index (χ1v) is 10.9. The van der Waals surface area contributed by atoms with Crippen LogP contribution < -0.4 is 14.4 Å². The highest BCUT2D eigenvalue weighted by Gasteiger charge is 2.47. The Kier molecular flexibility index (Phi) is 5.53. The Labute approximate surface area is 195 Å². The topological polar surface area (TPSA) is 76.1 Å². The van der Waals surface area contributed by atoms with Crippen molar-refractivity contribution >= 4 is 23.1 Å². The van der Waals surface area contributed by atoms with Crippen molar-refractivity contribution in [2.45, 2.75) is 18.9 Å². The number of ketones is 1. The molecule has 34 heavy (non-hydrogen) atoms. The fourth-order valence-corrected chi connectivity index (χ4v) is 4.50. The number of ether oxygens (including phenoxy) is 2. The van der Waals surface area contributed by atoms with E-state index in [-0.39, 0.29) is 16.9 Å². The van der Waals surface area contributed by atoms with E-state index in [1.165, 1.54) is 30.2 Å². The quantitative estimate of drug-likeness (QED) is 0.345. The van der Waals surface area contributed by atoms with Crippen LogP contribution in [0.1, 0.15) is 29.2 Å². The molecule has 0 spiro atoms. The van der Waals surface area contributed by atoms with Crippen LogP contribution in [0.4, 0.5) is 10.1 Å². The van der Waals surface area contributed by atoms with E-state index in [2.05, 4.69) is 0 Å². The van der Waals surface area contributed by atoms with Gasteiger partial charge in [0.25, 0.3) is 11.7 Å². The van der Waals surface area contributed by atoms with Crippen molar-refractivity contribution in [3.8, 4) is 11.5 Å². The monoisotopic (exact) mass is 459 g/mol. The second kappa shape index (κ2) is 8.67. The minimum atomic E-state index is -1.14. The van der Waals surface area contributed by atoms with E-state index in [0.717, 1.165) is 24.2 Å². The van der Waals surface area contributed by atoms with Crippen molar-refractivity contribution in [3.63, 3.8) is 0 Å². The summed E-state index contributed by atoms with van der Waals surface area (Å²) in [6, 6.07) is 16.5. The molecule has 2 aliphatic rings. The first-order chi connectivity index (χ1) is 16.5. The summed E-state index contributed by atoms with van der Waals surface area (Å²) < 4.78 is 25.8. The van der Waals surface area contributed by atoms with Crippen LogP contribution in [0.5, 0.6) is 11.5 Å². The van der Waals surface area contributed by atoms with Gasteiger partial charge in [-0.05, 0) is 66.9 Å². The molecule has 0 aromatic heterocycles. The number of carbonyl (C=O) groups is 2. The Hall–Kier alpha value is -4.13. The molecule has 0 radical (unpaired) electrons. The molecule has 7 heteroatoms. The lowest BCUT2D eigenvalue weighted by Gasteiger charge is -2.26. The number of aliphatic hydroxyl groups excluding tert-OH is 1. The molecule has 0 bridgehead atoms. The average Bonchev–Trinajstić information content (AvgIpc) is 3.13. The molecule has 1 N–H and O–H groups in total. The summed E-state index contributed by atoms with van der Waals surface area (Å²) in [5, 5.41) is 11.3. The number of hydrogen-bond donors (Lipinski definition) is 1. The van der Waals surface area contributed by atoms with Gasteiger partial charge in [0.15, 0.2) is 0 Å². The molecule has 1 amide bonds. The Morgan fingerprint density at radius 3 is 2.59 bits per heavy atom. The summed E-state index contributed by atoms with van der Waals surface area (Å²) >= 11 is 0. The lowest BCUT2D eigenvalue weighted by Crippen LogP contribution is -2.29. The summed E-state index contributed by atoms with van der Waals surface area (Å²) in [5.74, 6) is -1.36. The van der Waals surface area contributed by atoms with Crippen LogP contribution in [-0.4, -0.2) is 30.5 Å². The van der Waals surface area contributed by atoms with Crippen molar-refractivity contribution in [2.75, 3.05) is 18.6 Å². The number of fused-ring (bicyclic) bond motifs is 1. The van der Waals surface area contributed by atoms with Crippen molar-refractivity contribution in [1.82, 2.24) is 0 Å². The van der Waals surface area contributed by atoms with Gasteiger partial charge in [-0.2, -0.15) is 0 Å². The summed E-state index contributed by atoms with van der Waals surface area (Å²) in [6.45, 7) is 0.624. The fraction of sp³-hybridized carbons (Fsp3) is 0.185. The zero-order valence-corrected chi connectivity index (χ0v) is 18.5. The van der Waals surface area contributed by atoms with E-state index in [4.69, 9.17) is 9.47 Å². The number of hydrogen-bond acceptors (Lipinski definition) is 5. The number of aryl methyl sites for hydroxylation is 1. The van der Waals surface area contributed by atoms with Gasteiger partial charge in [-0.25, -0.2) is 4.39 Å². The number of Topliss-reactive ketones (excluding diaryl/α,β-unsaturated/α-hetero) is 1. The van der Waals surface area contributed by atoms with Crippen LogP contribution in [0.2, 0.25) is 0 Å². The van der Waals surface area contributed by atoms with Gasteiger partial charge in [-0.1, -0.05) is 18.2 Å². The SMILES string of the molecule is COc1ccc(N2C(=O)C(=O)/C(=C(/O)c3ccc4c(c3)CCCO4)C2c2ccccc2F)cc1. The lowest BCUT2D eigenvalue weighted by molar-refractivity contribution is -0.132. The number of benzene rings is 3. The molecule has 6 nitrogen and oxygen atoms in total. The van der Waals surface area contributed by atoms with Crippen molar-refractivity contribution in [2.24, 2.45) is 0 Å². The summed E-state index contributed by atoms with van der Waals surface area (Å²) in [7, 11) is 1.52. The Balaban J connectivity index is 1.69. The molecule has 1 atom stereocenters. The number of amides is 1. The standard InChI is InChI=1S/C27H22FNO5/c1-33-19-11-9-18(10-12-19)29-24(20-6-2-3-7-21(20)28)23(26(31)27(29)32)25(30)17-8-13-22-16(15-17)5-4-14-34-22/h2-3,6-13,15,24,30H,4-5,14H2,1H3/b25-23+. The summed E-state index contributed by atoms with van der Waals surface area (Å²) in [4.78, 5) is 27.6. The molecule has 1 saturated heterocycles. The predicted octanol–water partition coefficient (Wildman–Crippen LogP) is 4.79.